The van der Waals surface area contributed by atoms with Crippen molar-refractivity contribution in [2.75, 3.05) is 97.0 Å². The van der Waals surface area contributed by atoms with Crippen LogP contribution >= 0.6 is 20.9 Å². The van der Waals surface area contributed by atoms with Gasteiger partial charge in [0.05, 0.1) is 40.0 Å². The van der Waals surface area contributed by atoms with Gasteiger partial charge >= 0.3 is 0 Å². The van der Waals surface area contributed by atoms with Crippen LogP contribution in [0.3, 0.4) is 0 Å². The average molecular weight is 975 g/mol. The zero-order chi connectivity index (χ0) is 49.5. The summed E-state index contributed by atoms with van der Waals surface area (Å²) in [6, 6.07) is 0. The number of nitrogens with zero attached hydrogens (tertiary/aromatic N) is 1. The second-order valence-corrected chi connectivity index (χ2v) is 25.4. The van der Waals surface area contributed by atoms with Gasteiger partial charge in [0, 0.05) is 31.6 Å². The van der Waals surface area contributed by atoms with E-state index < -0.39 is 20.9 Å². The summed E-state index contributed by atoms with van der Waals surface area (Å²) in [5, 5.41) is 8.47. The molecule has 0 amide bonds. The molecule has 1 unspecified atom stereocenters. The quantitative estimate of drug-likeness (QED) is 0.0470. The fraction of sp³-hybridized carbons (Fsp3) is 0.862. The molecule has 0 aromatic carbocycles. The van der Waals surface area contributed by atoms with Gasteiger partial charge in [-0.3, -0.25) is 8.37 Å². The fourth-order valence-corrected chi connectivity index (χ4v) is 10.6. The number of rotatable bonds is 47. The predicted molar refractivity (Wildman–Crippen MR) is 306 cm³/mol. The van der Waals surface area contributed by atoms with Gasteiger partial charge in [-0.15, -0.1) is 10.3 Å². The average Bonchev–Trinajstić information content (AvgIpc) is 3.31. The monoisotopic (exact) mass is 974 g/mol. The van der Waals surface area contributed by atoms with E-state index in [0.717, 1.165) is 64.1 Å². The summed E-state index contributed by atoms with van der Waals surface area (Å²) in [5.74, 6) is 2.32. The zero-order valence-corrected chi connectivity index (χ0v) is 48.3. The van der Waals surface area contributed by atoms with E-state index in [-0.39, 0.29) is 0 Å². The van der Waals surface area contributed by atoms with E-state index in [1.165, 1.54) is 180 Å². The van der Waals surface area contributed by atoms with Crippen LogP contribution in [-0.2, 0) is 12.5 Å². The molecule has 0 saturated carbocycles. The van der Waals surface area contributed by atoms with Gasteiger partial charge in [-0.2, -0.15) is 10.6 Å². The molecule has 0 spiro atoms. The smallest absolute Gasteiger partial charge is 0.0781 e. The molecule has 0 heterocycles. The SMILES string of the molecule is CCCCC/C=C\CCCO.CCCCC/C=C\CCCOS(C)(C)CCCC.CCCCC/C=C\CCCOS(C)(CCCCN(C)CCC[NH+](C)CC)OCCC/C=C\CCCCC. The van der Waals surface area contributed by atoms with E-state index >= 15 is 0 Å². The Labute approximate surface area is 419 Å². The Kier molecular flexibility index (Phi) is 60.2. The van der Waals surface area contributed by atoms with Crippen LogP contribution in [0, 0.1) is 0 Å². The minimum atomic E-state index is -1.45. The van der Waals surface area contributed by atoms with Crippen molar-refractivity contribution < 1.29 is 22.6 Å². The zero-order valence-electron chi connectivity index (χ0n) is 46.6. The van der Waals surface area contributed by atoms with Crippen molar-refractivity contribution in [3.8, 4) is 0 Å². The lowest BCUT2D eigenvalue weighted by Crippen LogP contribution is -3.08. The van der Waals surface area contributed by atoms with Crippen molar-refractivity contribution in [1.29, 1.82) is 0 Å². The maximum absolute atomic E-state index is 8.47. The highest BCUT2D eigenvalue weighted by atomic mass is 32.3. The number of aliphatic hydroxyl groups excluding tert-OH is 1. The molecular formula is C58H121N2O4S2+. The molecule has 0 bridgehead atoms. The van der Waals surface area contributed by atoms with Crippen molar-refractivity contribution in [3.05, 3.63) is 48.6 Å². The van der Waals surface area contributed by atoms with Gasteiger partial charge in [-0.25, -0.2) is 0 Å². The van der Waals surface area contributed by atoms with Gasteiger partial charge in [-0.1, -0.05) is 141 Å². The van der Waals surface area contributed by atoms with Crippen LogP contribution in [0.5, 0.6) is 0 Å². The van der Waals surface area contributed by atoms with Crippen molar-refractivity contribution in [2.45, 2.75) is 228 Å². The summed E-state index contributed by atoms with van der Waals surface area (Å²) >= 11 is 0. The predicted octanol–water partition coefficient (Wildman–Crippen LogP) is 16.3. The molecule has 66 heavy (non-hydrogen) atoms. The number of nitrogens with one attached hydrogen (secondary N) is 1. The van der Waals surface area contributed by atoms with Crippen LogP contribution in [0.1, 0.15) is 228 Å². The fourth-order valence-electron chi connectivity index (χ4n) is 6.95. The summed E-state index contributed by atoms with van der Waals surface area (Å²) < 4.78 is 18.9. The Balaban J connectivity index is -0.00000112. The second-order valence-electron chi connectivity index (χ2n) is 19.2. The molecule has 1 atom stereocenters. The molecule has 0 aliphatic rings. The lowest BCUT2D eigenvalue weighted by Gasteiger charge is -2.40. The largest absolute Gasteiger partial charge is 0.396 e. The summed E-state index contributed by atoms with van der Waals surface area (Å²) in [7, 11) is 2.34. The minimum absolute atomic E-state index is 0.319. The highest BCUT2D eigenvalue weighted by Crippen LogP contribution is 2.48. The van der Waals surface area contributed by atoms with Gasteiger partial charge in [0.1, 0.15) is 0 Å². The number of quaternary nitrogens is 1. The number of aliphatic hydroxyl groups is 1. The van der Waals surface area contributed by atoms with Gasteiger partial charge in [-0.05, 0) is 161 Å². The number of allylic oxidation sites excluding steroid dienone is 8. The number of unbranched alkanes of at least 4 members (excludes halogenated alkanes) is 18. The Hall–Kier alpha value is -0.580. The highest BCUT2D eigenvalue weighted by molar-refractivity contribution is 8.28. The number of hydrogen-bond acceptors (Lipinski definition) is 5. The Morgan fingerprint density at radius 1 is 0.424 bits per heavy atom. The first-order valence-corrected chi connectivity index (χ1v) is 32.7. The molecule has 8 heteroatoms. The summed E-state index contributed by atoms with van der Waals surface area (Å²) in [4.78, 5) is 4.12. The minimum Gasteiger partial charge on any atom is -0.396 e. The first kappa shape index (κ1) is 69.7. The molecule has 0 aromatic rings. The molecule has 0 saturated heterocycles. The van der Waals surface area contributed by atoms with Gasteiger partial charge < -0.3 is 19.1 Å². The Morgan fingerprint density at radius 3 is 1.17 bits per heavy atom. The molecule has 0 aliphatic carbocycles. The van der Waals surface area contributed by atoms with Crippen LogP contribution in [0.25, 0.3) is 0 Å². The van der Waals surface area contributed by atoms with E-state index in [9.17, 15) is 0 Å². The summed E-state index contributed by atoms with van der Waals surface area (Å²) in [6.45, 7) is 21.3. The Bertz CT molecular complexity index is 1010. The standard InChI is InChI=1S/C32H66N2O2S.C16H34OS.C10H20O/c1-7-10-12-14-16-18-20-23-30-35-37(6,36-31-24-21-19-17-15-13-11-8-2)32-25-22-27-34(5)29-26-28-33(4)9-3;1-5-7-9-10-11-12-13-14-15-17-18(3,4)16-8-6-2;1-2-3-4-5-6-7-8-9-10-11/h16-19H,7-15,20-32H2,1-6H3;11-12H,5-10,13-16H2,1-4H3;6-7,11H,2-5,8-10H2,1H3/p+1/b18-16-,19-17-;12-11-;7-6-. The second kappa shape index (κ2) is 57.0. The normalized spacial score (nSPS) is 13.3. The van der Waals surface area contributed by atoms with Crippen LogP contribution in [0.4, 0.5) is 0 Å². The molecule has 2 N–H and O–H groups in total. The van der Waals surface area contributed by atoms with Crippen molar-refractivity contribution in [3.63, 3.8) is 0 Å². The van der Waals surface area contributed by atoms with Crippen LogP contribution in [0.15, 0.2) is 48.6 Å². The van der Waals surface area contributed by atoms with Crippen LogP contribution in [0.2, 0.25) is 0 Å². The molecule has 0 aromatic heterocycles. The molecule has 0 rings (SSSR count). The summed E-state index contributed by atoms with van der Waals surface area (Å²) in [5.41, 5.74) is 0. The van der Waals surface area contributed by atoms with E-state index in [1.807, 2.05) is 0 Å². The van der Waals surface area contributed by atoms with Gasteiger partial charge in [0.2, 0.25) is 0 Å². The Morgan fingerprint density at radius 2 is 0.788 bits per heavy atom. The first-order valence-electron chi connectivity index (χ1n) is 28.1. The lowest BCUT2D eigenvalue weighted by molar-refractivity contribution is -0.877. The third kappa shape index (κ3) is 59.5. The van der Waals surface area contributed by atoms with Crippen molar-refractivity contribution in [1.82, 2.24) is 4.90 Å². The molecule has 398 valence electrons. The van der Waals surface area contributed by atoms with Crippen LogP contribution in [-0.4, -0.2) is 107 Å². The van der Waals surface area contributed by atoms with E-state index in [2.05, 4.69) is 128 Å². The highest BCUT2D eigenvalue weighted by Gasteiger charge is 2.16. The third-order valence-electron chi connectivity index (χ3n) is 11.7. The lowest BCUT2D eigenvalue weighted by atomic mass is 10.2. The van der Waals surface area contributed by atoms with E-state index in [0.29, 0.717) is 6.61 Å². The van der Waals surface area contributed by atoms with Crippen molar-refractivity contribution in [2.24, 2.45) is 0 Å². The number of hydrogen-bond donors (Lipinski definition) is 2. The van der Waals surface area contributed by atoms with Gasteiger partial charge in [0.15, 0.2) is 0 Å². The van der Waals surface area contributed by atoms with E-state index in [4.69, 9.17) is 17.7 Å². The van der Waals surface area contributed by atoms with Gasteiger partial charge in [0.25, 0.3) is 0 Å². The topological polar surface area (TPSA) is 55.6 Å². The molecule has 0 fully saturated rings. The molecule has 6 nitrogen and oxygen atoms in total. The molecule has 0 radical (unpaired) electrons. The molecule has 0 aliphatic heterocycles. The maximum atomic E-state index is 8.47. The maximum Gasteiger partial charge on any atom is 0.0781 e. The molecular weight excluding hydrogens is 853 g/mol. The first-order chi connectivity index (χ1) is 32.0. The van der Waals surface area contributed by atoms with Crippen molar-refractivity contribution >= 4 is 20.9 Å². The van der Waals surface area contributed by atoms with E-state index in [1.54, 1.807) is 4.90 Å². The third-order valence-corrected chi connectivity index (χ3v) is 16.2. The summed E-state index contributed by atoms with van der Waals surface area (Å²) in [6.07, 6.45) is 61.1. The van der Waals surface area contributed by atoms with Crippen LogP contribution < -0.4 is 4.90 Å².